The molecule has 0 bridgehead atoms. The van der Waals surface area contributed by atoms with Gasteiger partial charge in [-0.3, -0.25) is 0 Å². The lowest BCUT2D eigenvalue weighted by molar-refractivity contribution is 0.0708. The SMILES string of the molecule is Br.COc1cccc([C@@H]2CN(C)CC[C@H]2O)c1. The lowest BCUT2D eigenvalue weighted by atomic mass is 9.88. The van der Waals surface area contributed by atoms with Crippen LogP contribution in [0.4, 0.5) is 0 Å². The number of likely N-dealkylation sites (tertiary alicyclic amines) is 1. The lowest BCUT2D eigenvalue weighted by Gasteiger charge is -2.34. The van der Waals surface area contributed by atoms with Gasteiger partial charge in [-0.15, -0.1) is 17.0 Å². The van der Waals surface area contributed by atoms with Crippen molar-refractivity contribution < 1.29 is 9.84 Å². The van der Waals surface area contributed by atoms with Gasteiger partial charge in [0.15, 0.2) is 0 Å². The van der Waals surface area contributed by atoms with Crippen molar-refractivity contribution in [2.24, 2.45) is 0 Å². The van der Waals surface area contributed by atoms with Gasteiger partial charge in [0, 0.05) is 19.0 Å². The Bertz CT molecular complexity index is 359. The number of likely N-dealkylation sites (N-methyl/N-ethyl adjacent to an activating group) is 1. The van der Waals surface area contributed by atoms with Crippen molar-refractivity contribution >= 4 is 17.0 Å². The van der Waals surface area contributed by atoms with E-state index in [2.05, 4.69) is 18.0 Å². The van der Waals surface area contributed by atoms with Gasteiger partial charge < -0.3 is 14.7 Å². The van der Waals surface area contributed by atoms with Crippen molar-refractivity contribution in [2.75, 3.05) is 27.2 Å². The summed E-state index contributed by atoms with van der Waals surface area (Å²) in [5.41, 5.74) is 1.17. The third-order valence-corrected chi connectivity index (χ3v) is 3.30. The Balaban J connectivity index is 0.00000144. The van der Waals surface area contributed by atoms with E-state index in [1.165, 1.54) is 5.56 Å². The maximum Gasteiger partial charge on any atom is 0.119 e. The number of rotatable bonds is 2. The quantitative estimate of drug-likeness (QED) is 0.907. The first-order chi connectivity index (χ1) is 7.70. The van der Waals surface area contributed by atoms with Gasteiger partial charge in [-0.2, -0.15) is 0 Å². The molecule has 1 fully saturated rings. The Labute approximate surface area is 113 Å². The highest BCUT2D eigenvalue weighted by molar-refractivity contribution is 8.93. The number of hydrogen-bond acceptors (Lipinski definition) is 3. The van der Waals surface area contributed by atoms with Crippen LogP contribution in [0.3, 0.4) is 0 Å². The van der Waals surface area contributed by atoms with E-state index in [0.29, 0.717) is 0 Å². The fourth-order valence-electron chi connectivity index (χ4n) is 2.30. The number of methoxy groups -OCH3 is 1. The smallest absolute Gasteiger partial charge is 0.119 e. The van der Waals surface area contributed by atoms with Crippen LogP contribution < -0.4 is 4.74 Å². The Hall–Kier alpha value is -0.580. The van der Waals surface area contributed by atoms with Crippen molar-refractivity contribution in [3.8, 4) is 5.75 Å². The molecule has 1 N–H and O–H groups in total. The van der Waals surface area contributed by atoms with E-state index in [1.807, 2.05) is 18.2 Å². The van der Waals surface area contributed by atoms with Gasteiger partial charge in [-0.25, -0.2) is 0 Å². The minimum Gasteiger partial charge on any atom is -0.497 e. The molecule has 1 heterocycles. The maximum atomic E-state index is 10.0. The molecule has 1 aliphatic rings. The van der Waals surface area contributed by atoms with E-state index in [-0.39, 0.29) is 29.0 Å². The topological polar surface area (TPSA) is 32.7 Å². The average Bonchev–Trinajstić information content (AvgIpc) is 2.32. The fourth-order valence-corrected chi connectivity index (χ4v) is 2.30. The van der Waals surface area contributed by atoms with Crippen molar-refractivity contribution in [2.45, 2.75) is 18.4 Å². The summed E-state index contributed by atoms with van der Waals surface area (Å²) < 4.78 is 5.21. The third kappa shape index (κ3) is 3.44. The molecular formula is C13H20BrNO2. The number of halogens is 1. The molecule has 0 saturated carbocycles. The maximum absolute atomic E-state index is 10.0. The summed E-state index contributed by atoms with van der Waals surface area (Å²) >= 11 is 0. The van der Waals surface area contributed by atoms with Gasteiger partial charge in [0.25, 0.3) is 0 Å². The zero-order valence-electron chi connectivity index (χ0n) is 10.3. The van der Waals surface area contributed by atoms with Crippen molar-refractivity contribution in [3.63, 3.8) is 0 Å². The largest absolute Gasteiger partial charge is 0.497 e. The summed E-state index contributed by atoms with van der Waals surface area (Å²) in [6.07, 6.45) is 0.613. The molecule has 0 radical (unpaired) electrons. The van der Waals surface area contributed by atoms with E-state index in [4.69, 9.17) is 4.74 Å². The highest BCUT2D eigenvalue weighted by Gasteiger charge is 2.27. The van der Waals surface area contributed by atoms with Crippen LogP contribution in [0.25, 0.3) is 0 Å². The van der Waals surface area contributed by atoms with Gasteiger partial charge in [0.2, 0.25) is 0 Å². The summed E-state index contributed by atoms with van der Waals surface area (Å²) in [4.78, 5) is 2.26. The predicted octanol–water partition coefficient (Wildman–Crippen LogP) is 2.05. The molecule has 96 valence electrons. The summed E-state index contributed by atoms with van der Waals surface area (Å²) in [6.45, 7) is 1.88. The molecule has 4 heteroatoms. The predicted molar refractivity (Wildman–Crippen MR) is 74.2 cm³/mol. The molecule has 3 nitrogen and oxygen atoms in total. The molecule has 1 aliphatic heterocycles. The second kappa shape index (κ2) is 6.38. The van der Waals surface area contributed by atoms with Gasteiger partial charge >= 0.3 is 0 Å². The van der Waals surface area contributed by atoms with Gasteiger partial charge in [0.05, 0.1) is 13.2 Å². The monoisotopic (exact) mass is 301 g/mol. The van der Waals surface area contributed by atoms with Crippen LogP contribution in [0, 0.1) is 0 Å². The third-order valence-electron chi connectivity index (χ3n) is 3.30. The Morgan fingerprint density at radius 2 is 2.18 bits per heavy atom. The van der Waals surface area contributed by atoms with Crippen LogP contribution in [-0.4, -0.2) is 43.4 Å². The first-order valence-electron chi connectivity index (χ1n) is 5.71. The Morgan fingerprint density at radius 1 is 1.41 bits per heavy atom. The second-order valence-corrected chi connectivity index (χ2v) is 4.50. The molecule has 0 spiro atoms. The van der Waals surface area contributed by atoms with E-state index in [9.17, 15) is 5.11 Å². The summed E-state index contributed by atoms with van der Waals surface area (Å²) in [5, 5.41) is 10.0. The fraction of sp³-hybridized carbons (Fsp3) is 0.538. The molecule has 0 aromatic heterocycles. The van der Waals surface area contributed by atoms with Gasteiger partial charge in [-0.1, -0.05) is 12.1 Å². The number of piperidine rings is 1. The molecule has 2 atom stereocenters. The van der Waals surface area contributed by atoms with E-state index >= 15 is 0 Å². The molecule has 2 rings (SSSR count). The Kier molecular flexibility index (Phi) is 5.43. The zero-order valence-corrected chi connectivity index (χ0v) is 12.0. The van der Waals surface area contributed by atoms with E-state index in [1.54, 1.807) is 7.11 Å². The van der Waals surface area contributed by atoms with Crippen LogP contribution in [0.5, 0.6) is 5.75 Å². The molecule has 0 unspecified atom stereocenters. The van der Waals surface area contributed by atoms with Gasteiger partial charge in [-0.05, 0) is 31.2 Å². The molecule has 0 aliphatic carbocycles. The number of ether oxygens (including phenoxy) is 1. The summed E-state index contributed by atoms with van der Waals surface area (Å²) in [7, 11) is 3.77. The summed E-state index contributed by atoms with van der Waals surface area (Å²) in [6, 6.07) is 8.00. The Morgan fingerprint density at radius 3 is 2.88 bits per heavy atom. The standard InChI is InChI=1S/C13H19NO2.BrH/c1-14-7-6-13(15)12(9-14)10-4-3-5-11(8-10)16-2;/h3-5,8,12-13,15H,6-7,9H2,1-2H3;1H/t12-,13+;/m0./s1. The molecule has 17 heavy (non-hydrogen) atoms. The van der Waals surface area contributed by atoms with Crippen LogP contribution in [-0.2, 0) is 0 Å². The molecular weight excluding hydrogens is 282 g/mol. The molecule has 1 saturated heterocycles. The minimum atomic E-state index is -0.233. The van der Waals surface area contributed by atoms with E-state index in [0.717, 1.165) is 25.3 Å². The molecule has 0 amide bonds. The van der Waals surface area contributed by atoms with Crippen LogP contribution >= 0.6 is 17.0 Å². The molecule has 1 aromatic rings. The van der Waals surface area contributed by atoms with Crippen molar-refractivity contribution in [1.82, 2.24) is 4.90 Å². The molecule has 1 aromatic carbocycles. The highest BCUT2D eigenvalue weighted by Crippen LogP contribution is 2.28. The number of aliphatic hydroxyl groups excluding tert-OH is 1. The van der Waals surface area contributed by atoms with Crippen LogP contribution in [0.2, 0.25) is 0 Å². The normalized spacial score (nSPS) is 25.1. The number of nitrogens with zero attached hydrogens (tertiary/aromatic N) is 1. The van der Waals surface area contributed by atoms with Crippen LogP contribution in [0.15, 0.2) is 24.3 Å². The van der Waals surface area contributed by atoms with Crippen LogP contribution in [0.1, 0.15) is 17.9 Å². The first-order valence-corrected chi connectivity index (χ1v) is 5.71. The minimum absolute atomic E-state index is 0. The number of aliphatic hydroxyl groups is 1. The van der Waals surface area contributed by atoms with Crippen molar-refractivity contribution in [3.05, 3.63) is 29.8 Å². The summed E-state index contributed by atoms with van der Waals surface area (Å²) in [5.74, 6) is 1.06. The van der Waals surface area contributed by atoms with E-state index < -0.39 is 0 Å². The lowest BCUT2D eigenvalue weighted by Crippen LogP contribution is -2.39. The van der Waals surface area contributed by atoms with Crippen molar-refractivity contribution in [1.29, 1.82) is 0 Å². The number of hydrogen-bond donors (Lipinski definition) is 1. The zero-order chi connectivity index (χ0) is 11.5. The second-order valence-electron chi connectivity index (χ2n) is 4.50. The first kappa shape index (κ1) is 14.5. The number of benzene rings is 1. The highest BCUT2D eigenvalue weighted by atomic mass is 79.9. The van der Waals surface area contributed by atoms with Gasteiger partial charge in [0.1, 0.15) is 5.75 Å². The average molecular weight is 302 g/mol.